The van der Waals surface area contributed by atoms with E-state index in [0.717, 1.165) is 29.5 Å². The molecule has 0 saturated heterocycles. The summed E-state index contributed by atoms with van der Waals surface area (Å²) in [4.78, 5) is 0. The largest absolute Gasteiger partial charge is 0.522 e. The number of hydrogen-bond donors (Lipinski definition) is 0. The third kappa shape index (κ3) is 6.39. The van der Waals surface area contributed by atoms with Crippen LogP contribution < -0.4 is 0 Å². The van der Waals surface area contributed by atoms with Crippen LogP contribution in [0, 0.1) is 0 Å². The van der Waals surface area contributed by atoms with Gasteiger partial charge in [0, 0.05) is 0 Å². The van der Waals surface area contributed by atoms with Crippen LogP contribution in [0.2, 0.25) is 0 Å². The van der Waals surface area contributed by atoms with Gasteiger partial charge in [0.25, 0.3) is 0 Å². The summed E-state index contributed by atoms with van der Waals surface area (Å²) in [7, 11) is -2.02. The first-order chi connectivity index (χ1) is 7.51. The lowest BCUT2D eigenvalue weighted by Crippen LogP contribution is -2.20. The molecular formula is C11H22N2O2Si. The van der Waals surface area contributed by atoms with Crippen LogP contribution in [0.1, 0.15) is 47.5 Å². The lowest BCUT2D eigenvalue weighted by atomic mass is 10.3. The Bertz CT molecular complexity index is 266. The van der Waals surface area contributed by atoms with E-state index in [-0.39, 0.29) is 0 Å². The van der Waals surface area contributed by atoms with E-state index >= 15 is 0 Å². The molecule has 0 fully saturated rings. The number of rotatable bonds is 7. The Labute approximate surface area is 99.8 Å². The molecule has 0 unspecified atom stereocenters. The fraction of sp³-hybridized carbons (Fsp3) is 0.636. The van der Waals surface area contributed by atoms with Crippen molar-refractivity contribution in [2.45, 2.75) is 47.5 Å². The molecule has 0 atom stereocenters. The molecule has 0 N–H and O–H groups in total. The van der Waals surface area contributed by atoms with Crippen LogP contribution in [0.25, 0.3) is 0 Å². The molecule has 4 nitrogen and oxygen atoms in total. The van der Waals surface area contributed by atoms with Gasteiger partial charge in [-0.05, 0) is 38.8 Å². The predicted octanol–water partition coefficient (Wildman–Crippen LogP) is 2.93. The highest BCUT2D eigenvalue weighted by Gasteiger charge is 2.18. The van der Waals surface area contributed by atoms with E-state index in [9.17, 15) is 0 Å². The number of oxime groups is 2. The van der Waals surface area contributed by atoms with Gasteiger partial charge in [-0.1, -0.05) is 20.4 Å². The summed E-state index contributed by atoms with van der Waals surface area (Å²) >= 11 is 0. The monoisotopic (exact) mass is 242 g/mol. The Balaban J connectivity index is 4.35. The van der Waals surface area contributed by atoms with Crippen molar-refractivity contribution < 1.29 is 9.05 Å². The summed E-state index contributed by atoms with van der Waals surface area (Å²) in [5.74, 6) is 0. The Morgan fingerprint density at radius 2 is 1.38 bits per heavy atom. The van der Waals surface area contributed by atoms with Crippen LogP contribution in [-0.4, -0.2) is 20.7 Å². The number of hydrogen-bond acceptors (Lipinski definition) is 4. The Hall–Kier alpha value is -1.10. The van der Waals surface area contributed by atoms with Crippen molar-refractivity contribution in [1.29, 1.82) is 0 Å². The zero-order valence-electron chi connectivity index (χ0n) is 10.9. The van der Waals surface area contributed by atoms with Crippen molar-refractivity contribution in [2.75, 3.05) is 0 Å². The molecule has 0 aromatic heterocycles. The van der Waals surface area contributed by atoms with Gasteiger partial charge < -0.3 is 9.05 Å². The van der Waals surface area contributed by atoms with Crippen LogP contribution in [0.15, 0.2) is 22.1 Å². The second kappa shape index (κ2) is 8.10. The topological polar surface area (TPSA) is 43.2 Å². The van der Waals surface area contributed by atoms with E-state index in [1.807, 2.05) is 34.6 Å². The molecule has 0 aliphatic carbocycles. The highest BCUT2D eigenvalue weighted by atomic mass is 28.3. The first kappa shape index (κ1) is 14.9. The zero-order valence-corrected chi connectivity index (χ0v) is 12.1. The molecule has 0 aliphatic heterocycles. The smallest absolute Gasteiger partial charge is 0.406 e. The number of allylic oxidation sites excluding steroid dienone is 1. The van der Waals surface area contributed by atoms with E-state index in [1.54, 1.807) is 0 Å². The third-order valence-corrected chi connectivity index (χ3v) is 3.43. The summed E-state index contributed by atoms with van der Waals surface area (Å²) in [6.45, 7) is 13.6. The van der Waals surface area contributed by atoms with E-state index in [4.69, 9.17) is 9.05 Å². The molecule has 0 heterocycles. The normalized spacial score (nSPS) is 14.6. The molecule has 0 spiro atoms. The van der Waals surface area contributed by atoms with Crippen LogP contribution in [-0.2, 0) is 9.05 Å². The zero-order chi connectivity index (χ0) is 12.6. The van der Waals surface area contributed by atoms with Crippen LogP contribution in [0.5, 0.6) is 0 Å². The molecule has 16 heavy (non-hydrogen) atoms. The van der Waals surface area contributed by atoms with Gasteiger partial charge in [-0.3, -0.25) is 0 Å². The molecule has 0 aliphatic rings. The van der Waals surface area contributed by atoms with Gasteiger partial charge in [0.1, 0.15) is 0 Å². The quantitative estimate of drug-likeness (QED) is 0.391. The lowest BCUT2D eigenvalue weighted by Gasteiger charge is -2.11. The van der Waals surface area contributed by atoms with Gasteiger partial charge >= 0.3 is 9.28 Å². The third-order valence-electron chi connectivity index (χ3n) is 2.03. The van der Waals surface area contributed by atoms with E-state index < -0.39 is 9.28 Å². The molecule has 0 rings (SSSR count). The standard InChI is InChI=1S/C11H22N2O2Si/c1-7-10(5)12-14-16(9(3)4)15-13-11(6)8-2/h16H,3,7-8H2,1-2,4-6H3. The van der Waals surface area contributed by atoms with Gasteiger partial charge in [-0.25, -0.2) is 0 Å². The van der Waals surface area contributed by atoms with E-state index in [1.165, 1.54) is 0 Å². The van der Waals surface area contributed by atoms with Gasteiger partial charge in [0.15, 0.2) is 0 Å². The van der Waals surface area contributed by atoms with Gasteiger partial charge in [-0.2, -0.15) is 0 Å². The van der Waals surface area contributed by atoms with Gasteiger partial charge in [0.2, 0.25) is 0 Å². The molecular weight excluding hydrogens is 220 g/mol. The summed E-state index contributed by atoms with van der Waals surface area (Å²) < 4.78 is 10.7. The van der Waals surface area contributed by atoms with Crippen molar-refractivity contribution in [3.05, 3.63) is 11.8 Å². The summed E-state index contributed by atoms with van der Waals surface area (Å²) in [5.41, 5.74) is 1.89. The second-order valence-corrected chi connectivity index (χ2v) is 5.82. The summed E-state index contributed by atoms with van der Waals surface area (Å²) in [5, 5.41) is 8.86. The van der Waals surface area contributed by atoms with Crippen molar-refractivity contribution in [3.8, 4) is 0 Å². The minimum Gasteiger partial charge on any atom is -0.406 e. The SMILES string of the molecule is C=C(C)[SiH](ON=C(C)CC)ON=C(C)CC. The van der Waals surface area contributed by atoms with Crippen LogP contribution in [0.4, 0.5) is 0 Å². The van der Waals surface area contributed by atoms with Crippen molar-refractivity contribution in [1.82, 2.24) is 0 Å². The molecule has 0 aromatic rings. The highest BCUT2D eigenvalue weighted by molar-refractivity contribution is 6.53. The minimum absolute atomic E-state index is 0.870. The van der Waals surface area contributed by atoms with Crippen molar-refractivity contribution in [3.63, 3.8) is 0 Å². The maximum atomic E-state index is 5.35. The fourth-order valence-corrected chi connectivity index (χ4v) is 1.55. The number of nitrogens with zero attached hydrogens (tertiary/aromatic N) is 2. The average Bonchev–Trinajstić information content (AvgIpc) is 2.27. The molecule has 0 saturated carbocycles. The Morgan fingerprint density at radius 3 is 1.62 bits per heavy atom. The predicted molar refractivity (Wildman–Crippen MR) is 70.9 cm³/mol. The average molecular weight is 242 g/mol. The molecule has 5 heteroatoms. The summed E-state index contributed by atoms with van der Waals surface area (Å²) in [6, 6.07) is 0. The fourth-order valence-electron chi connectivity index (χ4n) is 0.604. The maximum absolute atomic E-state index is 5.35. The first-order valence-electron chi connectivity index (χ1n) is 5.55. The molecule has 0 amide bonds. The Morgan fingerprint density at radius 1 is 1.00 bits per heavy atom. The molecule has 0 aromatic carbocycles. The van der Waals surface area contributed by atoms with Crippen LogP contribution >= 0.6 is 0 Å². The summed E-state index contributed by atoms with van der Waals surface area (Å²) in [6.07, 6.45) is 1.74. The highest BCUT2D eigenvalue weighted by Crippen LogP contribution is 2.03. The molecule has 0 bridgehead atoms. The van der Waals surface area contributed by atoms with Gasteiger partial charge in [0.05, 0.1) is 11.4 Å². The molecule has 92 valence electrons. The van der Waals surface area contributed by atoms with E-state index in [2.05, 4.69) is 16.9 Å². The molecule has 0 radical (unpaired) electrons. The van der Waals surface area contributed by atoms with Crippen LogP contribution in [0.3, 0.4) is 0 Å². The second-order valence-electron chi connectivity index (χ2n) is 3.75. The van der Waals surface area contributed by atoms with Crippen molar-refractivity contribution in [2.24, 2.45) is 10.3 Å². The van der Waals surface area contributed by atoms with Gasteiger partial charge in [-0.15, -0.1) is 10.3 Å². The lowest BCUT2D eigenvalue weighted by molar-refractivity contribution is 0.218. The first-order valence-corrected chi connectivity index (χ1v) is 7.07. The minimum atomic E-state index is -2.02. The van der Waals surface area contributed by atoms with E-state index in [0.29, 0.717) is 0 Å². The Kier molecular flexibility index (Phi) is 7.54. The van der Waals surface area contributed by atoms with Crippen molar-refractivity contribution >= 4 is 20.7 Å². The maximum Gasteiger partial charge on any atom is 0.522 e.